The Morgan fingerprint density at radius 1 is 1.53 bits per heavy atom. The summed E-state index contributed by atoms with van der Waals surface area (Å²) in [5.41, 5.74) is 1.67. The molecule has 1 aliphatic rings. The van der Waals surface area contributed by atoms with Crippen molar-refractivity contribution >= 4 is 5.97 Å². The van der Waals surface area contributed by atoms with E-state index in [4.69, 9.17) is 5.11 Å². The molecule has 1 aliphatic carbocycles. The lowest BCUT2D eigenvalue weighted by atomic mass is 10.0. The van der Waals surface area contributed by atoms with Gasteiger partial charge in [0.25, 0.3) is 0 Å². The number of hydrogen-bond donors (Lipinski definition) is 1. The Kier molecular flexibility index (Phi) is 2.03. The highest BCUT2D eigenvalue weighted by Gasteiger charge is 2.63. The van der Waals surface area contributed by atoms with Crippen LogP contribution in [0.15, 0.2) is 12.5 Å². The second kappa shape index (κ2) is 3.02. The van der Waals surface area contributed by atoms with Gasteiger partial charge in [0.2, 0.25) is 0 Å². The van der Waals surface area contributed by atoms with E-state index in [9.17, 15) is 4.79 Å². The molecule has 80 valence electrons. The molecular weight excluding hydrogens is 192 g/mol. The number of aryl methyl sites for hydroxylation is 1. The van der Waals surface area contributed by atoms with Gasteiger partial charge in [0, 0.05) is 17.8 Å². The van der Waals surface area contributed by atoms with Crippen LogP contribution in [0.4, 0.5) is 0 Å². The minimum Gasteiger partial charge on any atom is -0.481 e. The van der Waals surface area contributed by atoms with Crippen LogP contribution in [-0.4, -0.2) is 21.0 Å². The summed E-state index contributed by atoms with van der Waals surface area (Å²) in [6.07, 6.45) is 3.22. The highest BCUT2D eigenvalue weighted by molar-refractivity contribution is 5.77. The number of nitrogens with zero attached hydrogens (tertiary/aromatic N) is 2. The molecular formula is C11H14N2O2. The molecule has 0 spiro atoms. The molecule has 15 heavy (non-hydrogen) atoms. The maximum atomic E-state index is 11.0. The fourth-order valence-electron chi connectivity index (χ4n) is 2.39. The van der Waals surface area contributed by atoms with Gasteiger partial charge in [0.15, 0.2) is 0 Å². The van der Waals surface area contributed by atoms with Crippen molar-refractivity contribution in [2.45, 2.75) is 26.7 Å². The fraction of sp³-hybridized carbons (Fsp3) is 0.545. The minimum absolute atomic E-state index is 0.0520. The molecule has 2 atom stereocenters. The van der Waals surface area contributed by atoms with Crippen LogP contribution < -0.4 is 0 Å². The summed E-state index contributed by atoms with van der Waals surface area (Å²) in [6, 6.07) is 0. The molecule has 1 aromatic heterocycles. The van der Waals surface area contributed by atoms with E-state index >= 15 is 0 Å². The van der Waals surface area contributed by atoms with Crippen LogP contribution >= 0.6 is 0 Å². The van der Waals surface area contributed by atoms with Gasteiger partial charge in [-0.05, 0) is 17.9 Å². The Morgan fingerprint density at radius 3 is 2.67 bits per heavy atom. The summed E-state index contributed by atoms with van der Waals surface area (Å²) in [5, 5.41) is 9.07. The highest BCUT2D eigenvalue weighted by atomic mass is 16.4. The van der Waals surface area contributed by atoms with Gasteiger partial charge in [-0.1, -0.05) is 13.8 Å². The molecule has 0 amide bonds. The highest BCUT2D eigenvalue weighted by Crippen LogP contribution is 2.64. The normalized spacial score (nSPS) is 27.4. The van der Waals surface area contributed by atoms with Gasteiger partial charge in [-0.15, -0.1) is 0 Å². The Balaban J connectivity index is 2.36. The number of aromatic nitrogens is 2. The van der Waals surface area contributed by atoms with Crippen molar-refractivity contribution in [2.24, 2.45) is 11.3 Å². The largest absolute Gasteiger partial charge is 0.481 e. The predicted molar refractivity (Wildman–Crippen MR) is 54.4 cm³/mol. The molecule has 0 aromatic carbocycles. The zero-order valence-electron chi connectivity index (χ0n) is 9.06. The first kappa shape index (κ1) is 10.1. The number of rotatable bonds is 2. The topological polar surface area (TPSA) is 63.1 Å². The average Bonchev–Trinajstić information content (AvgIpc) is 2.70. The van der Waals surface area contributed by atoms with Crippen molar-refractivity contribution in [1.29, 1.82) is 0 Å². The summed E-state index contributed by atoms with van der Waals surface area (Å²) >= 11 is 0. The molecule has 2 unspecified atom stereocenters. The number of aliphatic carboxylic acids is 1. The molecule has 1 N–H and O–H groups in total. The lowest BCUT2D eigenvalue weighted by Gasteiger charge is -2.04. The summed E-state index contributed by atoms with van der Waals surface area (Å²) < 4.78 is 0. The Hall–Kier alpha value is -1.45. The van der Waals surface area contributed by atoms with E-state index in [0.29, 0.717) is 0 Å². The van der Waals surface area contributed by atoms with E-state index in [1.807, 2.05) is 20.8 Å². The molecule has 2 rings (SSSR count). The average molecular weight is 206 g/mol. The fourth-order valence-corrected chi connectivity index (χ4v) is 2.39. The van der Waals surface area contributed by atoms with Gasteiger partial charge in [0.1, 0.15) is 6.33 Å². The molecule has 0 radical (unpaired) electrons. The van der Waals surface area contributed by atoms with Crippen LogP contribution in [0.1, 0.15) is 31.0 Å². The third-order valence-corrected chi connectivity index (χ3v) is 3.38. The molecule has 0 bridgehead atoms. The SMILES string of the molecule is Cc1ncncc1C1C(C(=O)O)C1(C)C. The van der Waals surface area contributed by atoms with Crippen molar-refractivity contribution in [1.82, 2.24) is 9.97 Å². The molecule has 0 aliphatic heterocycles. The third-order valence-electron chi connectivity index (χ3n) is 3.38. The van der Waals surface area contributed by atoms with Crippen LogP contribution in [0.25, 0.3) is 0 Å². The van der Waals surface area contributed by atoms with Crippen LogP contribution in [0, 0.1) is 18.3 Å². The smallest absolute Gasteiger partial charge is 0.307 e. The van der Waals surface area contributed by atoms with E-state index in [2.05, 4.69) is 9.97 Å². The van der Waals surface area contributed by atoms with E-state index in [1.54, 1.807) is 6.20 Å². The van der Waals surface area contributed by atoms with Crippen molar-refractivity contribution in [3.8, 4) is 0 Å². The first-order valence-corrected chi connectivity index (χ1v) is 4.95. The second-order valence-corrected chi connectivity index (χ2v) is 4.68. The van der Waals surface area contributed by atoms with Gasteiger partial charge in [0.05, 0.1) is 5.92 Å². The van der Waals surface area contributed by atoms with Crippen molar-refractivity contribution in [3.63, 3.8) is 0 Å². The van der Waals surface area contributed by atoms with Gasteiger partial charge >= 0.3 is 5.97 Å². The molecule has 0 saturated heterocycles. The first-order valence-electron chi connectivity index (χ1n) is 4.95. The van der Waals surface area contributed by atoms with Crippen LogP contribution in [-0.2, 0) is 4.79 Å². The quantitative estimate of drug-likeness (QED) is 0.798. The summed E-state index contributed by atoms with van der Waals surface area (Å²) in [6.45, 7) is 5.84. The monoisotopic (exact) mass is 206 g/mol. The van der Waals surface area contributed by atoms with Crippen LogP contribution in [0.2, 0.25) is 0 Å². The van der Waals surface area contributed by atoms with Crippen molar-refractivity contribution in [2.75, 3.05) is 0 Å². The summed E-state index contributed by atoms with van der Waals surface area (Å²) in [4.78, 5) is 19.1. The zero-order chi connectivity index (χ0) is 11.2. The van der Waals surface area contributed by atoms with E-state index in [-0.39, 0.29) is 17.3 Å². The van der Waals surface area contributed by atoms with E-state index in [1.165, 1.54) is 6.33 Å². The third kappa shape index (κ3) is 1.40. The number of carboxylic acids is 1. The molecule has 4 nitrogen and oxygen atoms in total. The predicted octanol–water partition coefficient (Wildman–Crippen LogP) is 1.61. The van der Waals surface area contributed by atoms with Crippen molar-refractivity contribution < 1.29 is 9.90 Å². The first-order chi connectivity index (χ1) is 6.96. The standard InChI is InChI=1S/C11H14N2O2/c1-6-7(4-12-5-13-6)8-9(10(14)15)11(8,2)3/h4-5,8-9H,1-3H3,(H,14,15). The maximum Gasteiger partial charge on any atom is 0.307 e. The molecule has 4 heteroatoms. The summed E-state index contributed by atoms with van der Waals surface area (Å²) in [5.74, 6) is -0.980. The number of carboxylic acid groups (broad SMARTS) is 1. The zero-order valence-corrected chi connectivity index (χ0v) is 9.06. The van der Waals surface area contributed by atoms with Crippen LogP contribution in [0.3, 0.4) is 0 Å². The lowest BCUT2D eigenvalue weighted by Crippen LogP contribution is -2.03. The van der Waals surface area contributed by atoms with Gasteiger partial charge in [-0.25, -0.2) is 9.97 Å². The van der Waals surface area contributed by atoms with Crippen molar-refractivity contribution in [3.05, 3.63) is 23.8 Å². The van der Waals surface area contributed by atoms with E-state index < -0.39 is 5.97 Å². The Morgan fingerprint density at radius 2 is 2.20 bits per heavy atom. The Labute approximate surface area is 88.4 Å². The molecule has 1 saturated carbocycles. The summed E-state index contributed by atoms with van der Waals surface area (Å²) in [7, 11) is 0. The molecule has 1 fully saturated rings. The lowest BCUT2D eigenvalue weighted by molar-refractivity contribution is -0.139. The van der Waals surface area contributed by atoms with E-state index in [0.717, 1.165) is 11.3 Å². The Bertz CT molecular complexity index is 415. The second-order valence-electron chi connectivity index (χ2n) is 4.68. The molecule has 1 heterocycles. The van der Waals surface area contributed by atoms with Gasteiger partial charge in [-0.3, -0.25) is 4.79 Å². The molecule has 1 aromatic rings. The maximum absolute atomic E-state index is 11.0. The number of carbonyl (C=O) groups is 1. The van der Waals surface area contributed by atoms with Crippen LogP contribution in [0.5, 0.6) is 0 Å². The minimum atomic E-state index is -0.728. The number of hydrogen-bond acceptors (Lipinski definition) is 3. The van der Waals surface area contributed by atoms with Gasteiger partial charge < -0.3 is 5.11 Å². The van der Waals surface area contributed by atoms with Gasteiger partial charge in [-0.2, -0.15) is 0 Å².